The van der Waals surface area contributed by atoms with Crippen LogP contribution in [0.15, 0.2) is 58.6 Å². The molecule has 1 amide bonds. The Morgan fingerprint density at radius 3 is 2.68 bits per heavy atom. The van der Waals surface area contributed by atoms with Crippen LogP contribution in [0.25, 0.3) is 0 Å². The molecule has 0 fully saturated rings. The van der Waals surface area contributed by atoms with E-state index in [1.807, 2.05) is 0 Å². The van der Waals surface area contributed by atoms with Crippen LogP contribution in [0.2, 0.25) is 0 Å². The van der Waals surface area contributed by atoms with Gasteiger partial charge in [0.25, 0.3) is 5.91 Å². The van der Waals surface area contributed by atoms with Crippen LogP contribution < -0.4 is 10.1 Å². The third-order valence-corrected chi connectivity index (χ3v) is 5.49. The summed E-state index contributed by atoms with van der Waals surface area (Å²) in [7, 11) is -1.36. The molecule has 0 saturated heterocycles. The topological polar surface area (TPSA) is 108 Å². The molecular weight excluding hydrogens is 382 g/mol. The highest BCUT2D eigenvalue weighted by atomic mass is 32.2. The van der Waals surface area contributed by atoms with Crippen molar-refractivity contribution >= 4 is 27.5 Å². The molecule has 1 aliphatic heterocycles. The van der Waals surface area contributed by atoms with E-state index in [4.69, 9.17) is 4.74 Å². The number of phenolic OH excluding ortho intramolecular Hbond substituents is 1. The van der Waals surface area contributed by atoms with Crippen molar-refractivity contribution in [3.05, 3.63) is 65.4 Å². The van der Waals surface area contributed by atoms with Gasteiger partial charge in [-0.1, -0.05) is 18.2 Å². The van der Waals surface area contributed by atoms with E-state index in [-0.39, 0.29) is 22.8 Å². The number of nitrogens with one attached hydrogen (secondary N) is 1. The first-order valence-corrected chi connectivity index (χ1v) is 9.67. The van der Waals surface area contributed by atoms with Gasteiger partial charge < -0.3 is 15.2 Å². The Morgan fingerprint density at radius 2 is 1.96 bits per heavy atom. The highest BCUT2D eigenvalue weighted by molar-refractivity contribution is 7.88. The maximum Gasteiger partial charge on any atom is 0.345 e. The van der Waals surface area contributed by atoms with Gasteiger partial charge in [0.15, 0.2) is 0 Å². The van der Waals surface area contributed by atoms with E-state index in [2.05, 4.69) is 9.71 Å². The van der Waals surface area contributed by atoms with Gasteiger partial charge in [-0.15, -0.1) is 4.40 Å². The number of phenols is 1. The number of anilines is 1. The summed E-state index contributed by atoms with van der Waals surface area (Å²) < 4.78 is 34.6. The second-order valence-corrected chi connectivity index (χ2v) is 7.78. The fourth-order valence-corrected chi connectivity index (χ4v) is 3.53. The maximum atomic E-state index is 12.8. The Kier molecular flexibility index (Phi) is 5.10. The summed E-state index contributed by atoms with van der Waals surface area (Å²) in [6, 6.07) is 11.4. The molecule has 9 heteroatoms. The molecule has 0 radical (unpaired) electrons. The highest BCUT2D eigenvalue weighted by Gasteiger charge is 2.30. The number of nitrogens with zero attached hydrogens (tertiary/aromatic N) is 2. The van der Waals surface area contributed by atoms with Crippen molar-refractivity contribution < 1.29 is 23.1 Å². The summed E-state index contributed by atoms with van der Waals surface area (Å²) >= 11 is 0. The van der Waals surface area contributed by atoms with Gasteiger partial charge in [0, 0.05) is 12.6 Å². The number of methoxy groups -OCH3 is 1. The third-order valence-electron chi connectivity index (χ3n) is 4.17. The molecule has 0 saturated carbocycles. The monoisotopic (exact) mass is 401 g/mol. The first-order chi connectivity index (χ1) is 13.2. The maximum absolute atomic E-state index is 12.8. The summed E-state index contributed by atoms with van der Waals surface area (Å²) in [5.41, 5.74) is 1.47. The molecule has 2 aromatic carbocycles. The minimum Gasteiger partial charge on any atom is -0.506 e. The number of carbonyl (C=O) groups excluding carboxylic acids is 1. The molecule has 1 heterocycles. The number of hydrogen-bond acceptors (Lipinski definition) is 5. The van der Waals surface area contributed by atoms with Gasteiger partial charge in [0.05, 0.1) is 18.5 Å². The van der Waals surface area contributed by atoms with Crippen LogP contribution in [0.4, 0.5) is 5.69 Å². The molecule has 0 unspecified atom stereocenters. The van der Waals surface area contributed by atoms with Crippen molar-refractivity contribution in [2.24, 2.45) is 4.40 Å². The molecule has 0 atom stereocenters. The molecule has 146 valence electrons. The molecule has 3 rings (SSSR count). The molecule has 8 nitrogen and oxygen atoms in total. The van der Waals surface area contributed by atoms with E-state index < -0.39 is 16.1 Å². The standard InChI is InChI=1S/C19H19N3O5S/c1-12-7-8-18(23)16(9-12)20-19(24)17-11-15(21-28(25,26)22(17)2)13-5-4-6-14(10-13)27-3/h4-11,23H,1-3H3,(H,20,24). The lowest BCUT2D eigenvalue weighted by Crippen LogP contribution is -2.35. The fraction of sp³-hybridized carbons (Fsp3) is 0.158. The van der Waals surface area contributed by atoms with Gasteiger partial charge in [-0.2, -0.15) is 8.42 Å². The molecule has 2 aromatic rings. The lowest BCUT2D eigenvalue weighted by Gasteiger charge is -2.24. The van der Waals surface area contributed by atoms with Crippen molar-refractivity contribution in [2.45, 2.75) is 6.92 Å². The number of allylic oxidation sites excluding steroid dienone is 1. The van der Waals surface area contributed by atoms with Crippen molar-refractivity contribution in [3.63, 3.8) is 0 Å². The zero-order valence-corrected chi connectivity index (χ0v) is 16.3. The minimum atomic E-state index is -4.09. The summed E-state index contributed by atoms with van der Waals surface area (Å²) in [4.78, 5) is 12.8. The molecule has 2 N–H and O–H groups in total. The summed E-state index contributed by atoms with van der Waals surface area (Å²) in [5.74, 6) is -0.287. The van der Waals surface area contributed by atoms with E-state index in [0.29, 0.717) is 11.3 Å². The number of amides is 1. The molecule has 0 spiro atoms. The van der Waals surface area contributed by atoms with E-state index in [9.17, 15) is 18.3 Å². The smallest absolute Gasteiger partial charge is 0.345 e. The largest absolute Gasteiger partial charge is 0.506 e. The molecule has 28 heavy (non-hydrogen) atoms. The Hall–Kier alpha value is -3.33. The van der Waals surface area contributed by atoms with Crippen molar-refractivity contribution in [2.75, 3.05) is 19.5 Å². The van der Waals surface area contributed by atoms with Crippen molar-refractivity contribution in [1.29, 1.82) is 0 Å². The molecule has 0 bridgehead atoms. The van der Waals surface area contributed by atoms with Crippen LogP contribution in [0.3, 0.4) is 0 Å². The predicted molar refractivity (Wildman–Crippen MR) is 106 cm³/mol. The molecule has 0 aromatic heterocycles. The number of aryl methyl sites for hydroxylation is 1. The highest BCUT2D eigenvalue weighted by Crippen LogP contribution is 2.26. The van der Waals surface area contributed by atoms with Gasteiger partial charge in [-0.05, 0) is 42.8 Å². The summed E-state index contributed by atoms with van der Waals surface area (Å²) in [6.45, 7) is 1.80. The number of aromatic hydroxyl groups is 1. The molecular formula is C19H19N3O5S. The lowest BCUT2D eigenvalue weighted by molar-refractivity contribution is -0.113. The van der Waals surface area contributed by atoms with E-state index >= 15 is 0 Å². The number of benzene rings is 2. The summed E-state index contributed by atoms with van der Waals surface area (Å²) in [5, 5.41) is 12.5. The van der Waals surface area contributed by atoms with Crippen molar-refractivity contribution in [1.82, 2.24) is 4.31 Å². The second-order valence-electron chi connectivity index (χ2n) is 6.16. The van der Waals surface area contributed by atoms with Crippen LogP contribution in [0, 0.1) is 6.92 Å². The van der Waals surface area contributed by atoms with Crippen LogP contribution in [0.5, 0.6) is 11.5 Å². The zero-order valence-electron chi connectivity index (χ0n) is 15.5. The van der Waals surface area contributed by atoms with E-state index in [1.54, 1.807) is 43.3 Å². The normalized spacial score (nSPS) is 15.5. The Bertz CT molecular complexity index is 1110. The van der Waals surface area contributed by atoms with Crippen LogP contribution in [-0.2, 0) is 15.0 Å². The van der Waals surface area contributed by atoms with Gasteiger partial charge in [0.2, 0.25) is 0 Å². The number of carbonyl (C=O) groups is 1. The molecule has 1 aliphatic rings. The Labute approximate surface area is 163 Å². The molecule has 0 aliphatic carbocycles. The van der Waals surface area contributed by atoms with Crippen LogP contribution in [-0.4, -0.2) is 43.6 Å². The van der Waals surface area contributed by atoms with Crippen LogP contribution >= 0.6 is 0 Å². The first kappa shape index (κ1) is 19.4. The minimum absolute atomic E-state index is 0.107. The van der Waals surface area contributed by atoms with E-state index in [0.717, 1.165) is 9.87 Å². The number of likely N-dealkylation sites (N-methyl/N-ethyl adjacent to an activating group) is 1. The third kappa shape index (κ3) is 3.84. The average Bonchev–Trinajstić information content (AvgIpc) is 2.66. The van der Waals surface area contributed by atoms with Gasteiger partial charge >= 0.3 is 10.2 Å². The second kappa shape index (κ2) is 7.35. The van der Waals surface area contributed by atoms with E-state index in [1.165, 1.54) is 26.3 Å². The van der Waals surface area contributed by atoms with Crippen LogP contribution in [0.1, 0.15) is 11.1 Å². The van der Waals surface area contributed by atoms with Gasteiger partial charge in [-0.3, -0.25) is 4.79 Å². The zero-order chi connectivity index (χ0) is 20.5. The fourth-order valence-electron chi connectivity index (χ4n) is 2.62. The van der Waals surface area contributed by atoms with Crippen molar-refractivity contribution in [3.8, 4) is 11.5 Å². The number of ether oxygens (including phenoxy) is 1. The van der Waals surface area contributed by atoms with Gasteiger partial charge in [0.1, 0.15) is 17.2 Å². The number of hydrogen-bond donors (Lipinski definition) is 2. The SMILES string of the molecule is COc1cccc(C2=NS(=O)(=O)N(C)C(C(=O)Nc3cc(C)ccc3O)=C2)c1. The lowest BCUT2D eigenvalue weighted by atomic mass is 10.1. The Balaban J connectivity index is 2.00. The van der Waals surface area contributed by atoms with Gasteiger partial charge in [-0.25, -0.2) is 4.31 Å². The quantitative estimate of drug-likeness (QED) is 0.764. The number of rotatable bonds is 4. The first-order valence-electron chi connectivity index (χ1n) is 8.27. The Morgan fingerprint density at radius 1 is 1.21 bits per heavy atom. The predicted octanol–water partition coefficient (Wildman–Crippen LogP) is 2.21. The average molecular weight is 401 g/mol. The summed E-state index contributed by atoms with van der Waals surface area (Å²) in [6.07, 6.45) is 1.37.